The zero-order valence-corrected chi connectivity index (χ0v) is 38.3. The fraction of sp³-hybridized carbons (Fsp3) is 0.611. The van der Waals surface area contributed by atoms with Gasteiger partial charge in [-0.15, -0.1) is 20.4 Å². The Morgan fingerprint density at radius 3 is 2.06 bits per heavy atom. The van der Waals surface area contributed by atoms with Gasteiger partial charge in [0, 0.05) is 18.5 Å². The maximum atomic E-state index is 12.8. The fourth-order valence-electron chi connectivity index (χ4n) is 6.41. The molecule has 5 heterocycles. The number of nitrogen functional groups attached to an aromatic ring is 1. The molecule has 0 bridgehead atoms. The highest BCUT2D eigenvalue weighted by Crippen LogP contribution is 2.61. The van der Waals surface area contributed by atoms with Crippen LogP contribution in [0.25, 0.3) is 22.6 Å². The molecule has 31 nitrogen and oxygen atoms in total. The normalized spacial score (nSPS) is 25.6. The predicted octanol–water partition coefficient (Wildman–Crippen LogP) is -3.41. The number of imidazole rings is 1. The third-order valence-electron chi connectivity index (χ3n) is 9.85. The van der Waals surface area contributed by atoms with Crippen LogP contribution in [0, 0.1) is 6.92 Å². The lowest BCUT2D eigenvalue weighted by atomic mass is 9.99. The Kier molecular flexibility index (Phi) is 19.5. The third kappa shape index (κ3) is 15.4. The van der Waals surface area contributed by atoms with Gasteiger partial charge in [0.05, 0.1) is 65.8 Å². The Morgan fingerprint density at radius 1 is 0.797 bits per heavy atom. The van der Waals surface area contributed by atoms with E-state index in [1.807, 2.05) is 0 Å². The number of carbonyl (C=O) groups is 1. The largest absolute Gasteiger partial charge is 0.491 e. The monoisotopic (exact) mass is 1020 g/mol. The molecule has 1 aromatic carbocycles. The van der Waals surface area contributed by atoms with Gasteiger partial charge in [-0.3, -0.25) is 28.2 Å². The number of aryl methyl sites for hydroxylation is 1. The van der Waals surface area contributed by atoms with Crippen molar-refractivity contribution in [2.45, 2.75) is 68.6 Å². The summed E-state index contributed by atoms with van der Waals surface area (Å²) in [7, 11) is -11.3. The highest BCUT2D eigenvalue weighted by Gasteiger charge is 2.50. The van der Waals surface area contributed by atoms with E-state index in [1.165, 1.54) is 0 Å². The first kappa shape index (κ1) is 53.7. The number of rotatable bonds is 27. The number of anilines is 1. The van der Waals surface area contributed by atoms with Crippen LogP contribution in [0.5, 0.6) is 5.75 Å². The van der Waals surface area contributed by atoms with Crippen molar-refractivity contribution in [2.75, 3.05) is 78.3 Å². The van der Waals surface area contributed by atoms with Gasteiger partial charge in [0.25, 0.3) is 5.56 Å². The van der Waals surface area contributed by atoms with Gasteiger partial charge in [-0.25, -0.2) is 14.1 Å². The van der Waals surface area contributed by atoms with Gasteiger partial charge in [-0.05, 0) is 31.2 Å². The number of aromatic amines is 1. The molecule has 2 fully saturated rings. The number of aliphatic hydroxyl groups excluding tert-OH is 5. The van der Waals surface area contributed by atoms with Gasteiger partial charge < -0.3 is 79.5 Å². The summed E-state index contributed by atoms with van der Waals surface area (Å²) in [5.74, 6) is 0.669. The molecule has 2 aliphatic rings. The first-order valence-corrected chi connectivity index (χ1v) is 23.9. The van der Waals surface area contributed by atoms with Crippen molar-refractivity contribution in [3.63, 3.8) is 0 Å². The second-order valence-electron chi connectivity index (χ2n) is 14.9. The summed E-state index contributed by atoms with van der Waals surface area (Å²) >= 11 is 0. The molecule has 69 heavy (non-hydrogen) atoms. The summed E-state index contributed by atoms with van der Waals surface area (Å²) in [6.07, 6.45) is -15.6. The van der Waals surface area contributed by atoms with Crippen molar-refractivity contribution in [1.82, 2.24) is 45.2 Å². The van der Waals surface area contributed by atoms with Gasteiger partial charge in [0.2, 0.25) is 17.7 Å². The van der Waals surface area contributed by atoms with E-state index in [-0.39, 0.29) is 50.0 Å². The molecule has 0 radical (unpaired) electrons. The Balaban J connectivity index is 0.798. The molecule has 0 spiro atoms. The second-order valence-corrected chi connectivity index (χ2v) is 17.9. The minimum Gasteiger partial charge on any atom is -0.491 e. The molecule has 2 aliphatic heterocycles. The number of phosphoric ester groups is 2. The van der Waals surface area contributed by atoms with Crippen molar-refractivity contribution in [3.8, 4) is 17.1 Å². The van der Waals surface area contributed by atoms with Gasteiger partial charge >= 0.3 is 15.6 Å². The number of amides is 1. The van der Waals surface area contributed by atoms with Gasteiger partial charge in [0.1, 0.15) is 55.1 Å². The molecular weight excluding hydrogens is 970 g/mol. The van der Waals surface area contributed by atoms with E-state index in [0.29, 0.717) is 50.4 Å². The van der Waals surface area contributed by atoms with Gasteiger partial charge in [0.15, 0.2) is 29.5 Å². The molecule has 382 valence electrons. The van der Waals surface area contributed by atoms with Crippen molar-refractivity contribution in [2.24, 2.45) is 0 Å². The van der Waals surface area contributed by atoms with Crippen LogP contribution >= 0.6 is 15.6 Å². The number of nitrogens with two attached hydrogens (primary N) is 1. The number of hydrogen-bond acceptors (Lipinski definition) is 26. The number of hydrogen-bond donors (Lipinski definition) is 10. The molecule has 0 saturated carbocycles. The van der Waals surface area contributed by atoms with Crippen molar-refractivity contribution >= 4 is 38.7 Å². The highest BCUT2D eigenvalue weighted by atomic mass is 31.3. The van der Waals surface area contributed by atoms with Crippen LogP contribution in [-0.4, -0.2) is 203 Å². The van der Waals surface area contributed by atoms with E-state index in [0.717, 1.165) is 16.5 Å². The van der Waals surface area contributed by atoms with E-state index in [2.05, 4.69) is 45.0 Å². The predicted molar refractivity (Wildman–Crippen MR) is 227 cm³/mol. The summed E-state index contributed by atoms with van der Waals surface area (Å²) in [5, 5.41) is 70.5. The number of nitrogens with zero attached hydrogens (tertiary/aromatic N) is 7. The fourth-order valence-corrected chi connectivity index (χ4v) is 8.57. The number of aromatic nitrogens is 8. The lowest BCUT2D eigenvalue weighted by Crippen LogP contribution is -2.60. The van der Waals surface area contributed by atoms with E-state index in [1.54, 1.807) is 31.2 Å². The smallest absolute Gasteiger partial charge is 0.483 e. The van der Waals surface area contributed by atoms with Crippen LogP contribution in [-0.2, 0) is 55.7 Å². The molecule has 3 aromatic heterocycles. The molecule has 11 atom stereocenters. The Bertz CT molecular complexity index is 2420. The zero-order valence-electron chi connectivity index (χ0n) is 36.5. The molecule has 33 heteroatoms. The summed E-state index contributed by atoms with van der Waals surface area (Å²) in [4.78, 5) is 55.0. The first-order valence-electron chi connectivity index (χ1n) is 20.9. The van der Waals surface area contributed by atoms with E-state index >= 15 is 0 Å². The van der Waals surface area contributed by atoms with Crippen LogP contribution in [0.3, 0.4) is 0 Å². The standard InChI is InChI=1S/C36H52N10O21P2/c1-19-42-44-31(45-43-19)20-2-4-21(5-3-20)62-15-14-61-13-12-60-11-10-59-9-8-58-7-6-24(47)38-16-22-26(48)28(50)30(52)35(65-22)66-69(56,57)67-68(54,55)63-17-23-27(49)29(51)34(64-23)46-18-39-25-32(46)40-36(37)41-33(25)53/h2-5,18,22-23,26-30,34-35,48-52H,6-17H2,1H3,(H,38,47)(H,54,55)(H,56,57)(H3,37,40,41,53)/t22?,23-,26-,27?,28?,29?,30?,34-,35-/m1/s1. The summed E-state index contributed by atoms with van der Waals surface area (Å²) in [5.41, 5.74) is 5.31. The number of aliphatic hydroxyl groups is 5. The Labute approximate surface area is 390 Å². The zero-order chi connectivity index (χ0) is 49.7. The summed E-state index contributed by atoms with van der Waals surface area (Å²) in [6, 6.07) is 7.18. The second kappa shape index (κ2) is 25.0. The number of nitrogens with one attached hydrogen (secondary N) is 2. The summed E-state index contributed by atoms with van der Waals surface area (Å²) < 4.78 is 78.4. The maximum Gasteiger partial charge on any atom is 0.483 e. The lowest BCUT2D eigenvalue weighted by molar-refractivity contribution is -0.273. The number of carbonyl (C=O) groups excluding carboxylic acids is 1. The van der Waals surface area contributed by atoms with E-state index in [9.17, 15) is 54.0 Å². The van der Waals surface area contributed by atoms with Crippen LogP contribution in [0.2, 0.25) is 0 Å². The third-order valence-corrected chi connectivity index (χ3v) is 12.5. The molecule has 1 amide bonds. The van der Waals surface area contributed by atoms with E-state index in [4.69, 9.17) is 47.9 Å². The molecular formula is C36H52N10O21P2. The van der Waals surface area contributed by atoms with Crippen LogP contribution in [0.1, 0.15) is 18.5 Å². The average molecular weight is 1020 g/mol. The van der Waals surface area contributed by atoms with Crippen molar-refractivity contribution in [1.29, 1.82) is 0 Å². The minimum absolute atomic E-state index is 0.0323. The average Bonchev–Trinajstić information content (AvgIpc) is 3.85. The van der Waals surface area contributed by atoms with Crippen LogP contribution < -0.4 is 21.3 Å². The number of ether oxygens (including phenoxy) is 7. The SMILES string of the molecule is Cc1nnc(-c2ccc(OCCOCCOCCOCCOCCC(=O)NCC3O[C@H](OP(=O)(O)OP(=O)(O)OC[C@H]4O[C@@H](n5cnc6c(=O)[nH]c(N)nc65)C(O)C4O)C(O)C(O)[C@@H]3O)cc2)nn1. The highest BCUT2D eigenvalue weighted by molar-refractivity contribution is 7.61. The van der Waals surface area contributed by atoms with Crippen molar-refractivity contribution < 1.29 is 95.8 Å². The number of fused-ring (bicyclic) bond motifs is 1. The van der Waals surface area contributed by atoms with Gasteiger partial charge in [-0.2, -0.15) is 9.29 Å². The molecule has 0 aliphatic carbocycles. The van der Waals surface area contributed by atoms with E-state index < -0.39 is 95.5 Å². The molecule has 4 aromatic rings. The van der Waals surface area contributed by atoms with Crippen LogP contribution in [0.4, 0.5) is 5.95 Å². The number of phosphoric acid groups is 2. The molecule has 6 rings (SSSR count). The Hall–Kier alpha value is -4.60. The van der Waals surface area contributed by atoms with Crippen LogP contribution in [0.15, 0.2) is 35.4 Å². The molecule has 2 saturated heterocycles. The maximum absolute atomic E-state index is 12.8. The minimum atomic E-state index is -5.73. The quantitative estimate of drug-likeness (QED) is 0.0205. The molecule has 11 N–H and O–H groups in total. The van der Waals surface area contributed by atoms with Crippen molar-refractivity contribution in [3.05, 3.63) is 46.8 Å². The summed E-state index contributed by atoms with van der Waals surface area (Å²) in [6.45, 7) is 2.45. The van der Waals surface area contributed by atoms with Gasteiger partial charge in [-0.1, -0.05) is 0 Å². The lowest BCUT2D eigenvalue weighted by Gasteiger charge is -2.40. The first-order chi connectivity index (χ1) is 32.9. The molecule has 7 unspecified atom stereocenters. The topological polar surface area (TPSA) is 438 Å². The Morgan fingerprint density at radius 2 is 1.41 bits per heavy atom. The number of H-pyrrole nitrogens is 1. The number of benzene rings is 1.